The molecule has 0 aliphatic heterocycles. The van der Waals surface area contributed by atoms with Crippen LogP contribution in [0.15, 0.2) is 18.2 Å². The van der Waals surface area contributed by atoms with Crippen LogP contribution >= 0.6 is 11.6 Å². The van der Waals surface area contributed by atoms with E-state index in [1.807, 2.05) is 0 Å². The second-order valence-electron chi connectivity index (χ2n) is 4.15. The summed E-state index contributed by atoms with van der Waals surface area (Å²) in [6.07, 6.45) is 1.05. The zero-order valence-corrected chi connectivity index (χ0v) is 11.7. The predicted molar refractivity (Wildman–Crippen MR) is 75.8 cm³/mol. The van der Waals surface area contributed by atoms with E-state index in [4.69, 9.17) is 22.1 Å². The monoisotopic (exact) mass is 301 g/mol. The van der Waals surface area contributed by atoms with Crippen molar-refractivity contribution in [1.82, 2.24) is 0 Å². The van der Waals surface area contributed by atoms with Crippen LogP contribution in [0.5, 0.6) is 0 Å². The number of amides is 1. The average Bonchev–Trinajstić information content (AvgIpc) is 2.38. The van der Waals surface area contributed by atoms with Crippen molar-refractivity contribution in [2.45, 2.75) is 18.9 Å². The highest BCUT2D eigenvalue weighted by molar-refractivity contribution is 6.31. The van der Waals surface area contributed by atoms with Crippen LogP contribution in [0.25, 0.3) is 0 Å². The van der Waals surface area contributed by atoms with E-state index < -0.39 is 16.9 Å². The number of nitrogens with two attached hydrogens (primary N) is 1. The van der Waals surface area contributed by atoms with Gasteiger partial charge in [0.1, 0.15) is 5.69 Å². The van der Waals surface area contributed by atoms with Gasteiger partial charge in [0, 0.05) is 24.8 Å². The van der Waals surface area contributed by atoms with Gasteiger partial charge in [0.15, 0.2) is 0 Å². The number of halogens is 1. The number of nitrogens with zero attached hydrogens (tertiary/aromatic N) is 1. The fourth-order valence-electron chi connectivity index (χ4n) is 1.57. The van der Waals surface area contributed by atoms with Gasteiger partial charge in [-0.05, 0) is 25.0 Å². The van der Waals surface area contributed by atoms with Crippen LogP contribution in [0, 0.1) is 10.1 Å². The molecule has 0 bridgehead atoms. The highest BCUT2D eigenvalue weighted by atomic mass is 35.5. The van der Waals surface area contributed by atoms with Crippen molar-refractivity contribution >= 4 is 28.9 Å². The summed E-state index contributed by atoms with van der Waals surface area (Å²) < 4.78 is 4.86. The summed E-state index contributed by atoms with van der Waals surface area (Å²) in [5, 5.41) is 13.6. The van der Waals surface area contributed by atoms with Gasteiger partial charge < -0.3 is 15.8 Å². The van der Waals surface area contributed by atoms with Gasteiger partial charge in [-0.3, -0.25) is 14.9 Å². The maximum absolute atomic E-state index is 11.9. The zero-order valence-electron chi connectivity index (χ0n) is 11.0. The van der Waals surface area contributed by atoms with Crippen LogP contribution in [0.3, 0.4) is 0 Å². The van der Waals surface area contributed by atoms with Crippen molar-refractivity contribution in [2.75, 3.05) is 19.0 Å². The predicted octanol–water partition coefficient (Wildman–Crippen LogP) is 1.94. The summed E-state index contributed by atoms with van der Waals surface area (Å²) in [6.45, 7) is 0.498. The molecule has 0 fully saturated rings. The summed E-state index contributed by atoms with van der Waals surface area (Å²) in [6, 6.07) is 3.17. The summed E-state index contributed by atoms with van der Waals surface area (Å²) in [5.41, 5.74) is 5.51. The number of methoxy groups -OCH3 is 1. The molecular formula is C12H16ClN3O4. The average molecular weight is 302 g/mol. The molecule has 1 aromatic rings. The molecule has 0 heterocycles. The molecule has 1 rings (SSSR count). The molecule has 0 radical (unpaired) electrons. The number of rotatable bonds is 7. The normalized spacial score (nSPS) is 11.9. The molecule has 110 valence electrons. The number of carbonyl (C=O) groups excluding carboxylic acids is 1. The first-order valence-electron chi connectivity index (χ1n) is 5.95. The maximum Gasteiger partial charge on any atom is 0.292 e. The maximum atomic E-state index is 11.9. The lowest BCUT2D eigenvalue weighted by molar-refractivity contribution is -0.383. The highest BCUT2D eigenvalue weighted by Crippen LogP contribution is 2.27. The van der Waals surface area contributed by atoms with Gasteiger partial charge in [0.25, 0.3) is 5.69 Å². The third-order valence-electron chi connectivity index (χ3n) is 2.61. The van der Waals surface area contributed by atoms with E-state index in [9.17, 15) is 14.9 Å². The number of nitro groups is 1. The Hall–Kier alpha value is -1.70. The second-order valence-corrected chi connectivity index (χ2v) is 4.59. The Bertz CT molecular complexity index is 496. The van der Waals surface area contributed by atoms with Gasteiger partial charge in [0.2, 0.25) is 5.91 Å². The van der Waals surface area contributed by atoms with Gasteiger partial charge in [-0.15, -0.1) is 0 Å². The lowest BCUT2D eigenvalue weighted by atomic mass is 10.1. The topological polar surface area (TPSA) is 107 Å². The van der Waals surface area contributed by atoms with Gasteiger partial charge in [0.05, 0.1) is 11.0 Å². The van der Waals surface area contributed by atoms with Gasteiger partial charge in [-0.2, -0.15) is 0 Å². The lowest BCUT2D eigenvalue weighted by Gasteiger charge is -2.12. The Morgan fingerprint density at radius 3 is 2.90 bits per heavy atom. The zero-order chi connectivity index (χ0) is 15.1. The van der Waals surface area contributed by atoms with E-state index in [2.05, 4.69) is 5.32 Å². The summed E-state index contributed by atoms with van der Waals surface area (Å²) >= 11 is 5.77. The van der Waals surface area contributed by atoms with Crippen molar-refractivity contribution in [3.63, 3.8) is 0 Å². The van der Waals surface area contributed by atoms with Crippen molar-refractivity contribution in [3.8, 4) is 0 Å². The number of nitro benzene ring substituents is 1. The first kappa shape index (κ1) is 16.4. The minimum atomic E-state index is -0.760. The molecule has 1 unspecified atom stereocenters. The third-order valence-corrected chi connectivity index (χ3v) is 2.85. The molecule has 3 N–H and O–H groups in total. The first-order chi connectivity index (χ1) is 9.45. The Labute approximate surface area is 121 Å². The third kappa shape index (κ3) is 4.76. The molecular weight excluding hydrogens is 286 g/mol. The molecule has 0 saturated carbocycles. The fraction of sp³-hybridized carbons (Fsp3) is 0.417. The molecule has 1 aromatic carbocycles. The number of hydrogen-bond donors (Lipinski definition) is 2. The van der Waals surface area contributed by atoms with Crippen molar-refractivity contribution in [2.24, 2.45) is 5.73 Å². The number of anilines is 1. The van der Waals surface area contributed by atoms with Crippen LogP contribution in [-0.4, -0.2) is 30.6 Å². The standard InChI is InChI=1S/C12H16ClN3O4/c1-20-6-2-3-9(14)12(17)15-10-7-8(13)4-5-11(10)16(18)19/h4-5,7,9H,2-3,6,14H2,1H3,(H,15,17). The van der Waals surface area contributed by atoms with Crippen molar-refractivity contribution < 1.29 is 14.5 Å². The quantitative estimate of drug-likeness (QED) is 0.454. The highest BCUT2D eigenvalue weighted by Gasteiger charge is 2.19. The Balaban J connectivity index is 2.74. The fourth-order valence-corrected chi connectivity index (χ4v) is 1.74. The Morgan fingerprint density at radius 2 is 2.30 bits per heavy atom. The van der Waals surface area contributed by atoms with Crippen LogP contribution in [0.4, 0.5) is 11.4 Å². The van der Waals surface area contributed by atoms with Gasteiger partial charge >= 0.3 is 0 Å². The molecule has 0 aromatic heterocycles. The number of benzene rings is 1. The molecule has 0 saturated heterocycles. The molecule has 0 aliphatic rings. The van der Waals surface area contributed by atoms with Crippen LogP contribution in [0.1, 0.15) is 12.8 Å². The summed E-state index contributed by atoms with van der Waals surface area (Å²) in [7, 11) is 1.56. The van der Waals surface area contributed by atoms with E-state index in [1.165, 1.54) is 18.2 Å². The van der Waals surface area contributed by atoms with Crippen LogP contribution in [-0.2, 0) is 9.53 Å². The summed E-state index contributed by atoms with van der Waals surface area (Å²) in [4.78, 5) is 22.1. The number of carbonyl (C=O) groups is 1. The van der Waals surface area contributed by atoms with E-state index in [0.717, 1.165) is 0 Å². The molecule has 8 heteroatoms. The van der Waals surface area contributed by atoms with Crippen LogP contribution < -0.4 is 11.1 Å². The molecule has 20 heavy (non-hydrogen) atoms. The Kier molecular flexibility index (Phi) is 6.37. The molecule has 0 spiro atoms. The largest absolute Gasteiger partial charge is 0.385 e. The lowest BCUT2D eigenvalue weighted by Crippen LogP contribution is -2.35. The Morgan fingerprint density at radius 1 is 1.60 bits per heavy atom. The van der Waals surface area contributed by atoms with Crippen molar-refractivity contribution in [1.29, 1.82) is 0 Å². The minimum Gasteiger partial charge on any atom is -0.385 e. The van der Waals surface area contributed by atoms with E-state index >= 15 is 0 Å². The number of hydrogen-bond acceptors (Lipinski definition) is 5. The molecule has 1 amide bonds. The minimum absolute atomic E-state index is 0.0368. The van der Waals surface area contributed by atoms with E-state index in [-0.39, 0.29) is 11.4 Å². The summed E-state index contributed by atoms with van der Waals surface area (Å²) in [5.74, 6) is -0.494. The van der Waals surface area contributed by atoms with E-state index in [0.29, 0.717) is 24.5 Å². The van der Waals surface area contributed by atoms with Gasteiger partial charge in [-0.1, -0.05) is 11.6 Å². The smallest absolute Gasteiger partial charge is 0.292 e. The van der Waals surface area contributed by atoms with Crippen LogP contribution in [0.2, 0.25) is 5.02 Å². The van der Waals surface area contributed by atoms with Crippen molar-refractivity contribution in [3.05, 3.63) is 33.3 Å². The SMILES string of the molecule is COCCCC(N)C(=O)Nc1cc(Cl)ccc1[N+](=O)[O-]. The second kappa shape index (κ2) is 7.78. The number of ether oxygens (including phenoxy) is 1. The molecule has 1 atom stereocenters. The first-order valence-corrected chi connectivity index (χ1v) is 6.33. The number of nitrogens with one attached hydrogen (secondary N) is 1. The van der Waals surface area contributed by atoms with E-state index in [1.54, 1.807) is 7.11 Å². The molecule has 0 aliphatic carbocycles. The molecule has 7 nitrogen and oxygen atoms in total. The van der Waals surface area contributed by atoms with Gasteiger partial charge in [-0.25, -0.2) is 0 Å².